The molecule has 2 heterocycles. The smallest absolute Gasteiger partial charge is 0.287 e. The molecule has 0 spiro atoms. The third-order valence-corrected chi connectivity index (χ3v) is 4.04. The molecule has 26 heavy (non-hydrogen) atoms. The van der Waals surface area contributed by atoms with Gasteiger partial charge in [-0.25, -0.2) is 0 Å². The van der Waals surface area contributed by atoms with E-state index < -0.39 is 6.04 Å². The first-order chi connectivity index (χ1) is 12.7. The quantitative estimate of drug-likeness (QED) is 0.780. The van der Waals surface area contributed by atoms with Gasteiger partial charge in [0.25, 0.3) is 5.91 Å². The number of para-hydroxylation sites is 2. The number of carbonyl (C=O) groups excluding carboxylic acids is 2. The molecule has 0 bridgehead atoms. The molecule has 1 aliphatic rings. The number of nitrogens with one attached hydrogen (secondary N) is 1. The highest BCUT2D eigenvalue weighted by atomic mass is 16.5. The van der Waals surface area contributed by atoms with E-state index in [-0.39, 0.29) is 18.2 Å². The lowest BCUT2D eigenvalue weighted by Crippen LogP contribution is -2.16. The largest absolute Gasteiger partial charge is 0.356 e. The summed E-state index contributed by atoms with van der Waals surface area (Å²) >= 11 is 0. The van der Waals surface area contributed by atoms with Crippen LogP contribution in [0.25, 0.3) is 11.0 Å². The molecular weight excluding hydrogens is 332 g/mol. The minimum absolute atomic E-state index is 0.0891. The molecule has 4 rings (SSSR count). The van der Waals surface area contributed by atoms with Crippen molar-refractivity contribution in [3.63, 3.8) is 0 Å². The highest BCUT2D eigenvalue weighted by Gasteiger charge is 2.18. The molecule has 1 atom stereocenters. The average Bonchev–Trinajstić information content (AvgIpc) is 3.06. The van der Waals surface area contributed by atoms with Gasteiger partial charge in [0, 0.05) is 22.7 Å². The molecule has 2 amide bonds. The van der Waals surface area contributed by atoms with Gasteiger partial charge in [-0.3, -0.25) is 9.59 Å². The summed E-state index contributed by atoms with van der Waals surface area (Å²) in [5.74, 6) is -0.606. The van der Waals surface area contributed by atoms with Gasteiger partial charge in [-0.1, -0.05) is 35.5 Å². The van der Waals surface area contributed by atoms with Crippen LogP contribution in [-0.4, -0.2) is 17.0 Å². The number of hydrogen-bond acceptors (Lipinski definition) is 5. The van der Waals surface area contributed by atoms with Crippen LogP contribution in [0.5, 0.6) is 0 Å². The summed E-state index contributed by atoms with van der Waals surface area (Å²) in [6, 6.07) is 14.3. The second-order valence-electron chi connectivity index (χ2n) is 5.80. The molecule has 7 nitrogen and oxygen atoms in total. The van der Waals surface area contributed by atoms with Crippen LogP contribution < -0.4 is 5.32 Å². The lowest BCUT2D eigenvalue weighted by Gasteiger charge is -2.15. The molecule has 0 fully saturated rings. The summed E-state index contributed by atoms with van der Waals surface area (Å²) in [5, 5.41) is 15.2. The fraction of sp³-hybridized carbons (Fsp3) is 0.105. The van der Waals surface area contributed by atoms with E-state index in [1.165, 1.54) is 6.08 Å². The van der Waals surface area contributed by atoms with Crippen LogP contribution in [0, 0.1) is 0 Å². The second kappa shape index (κ2) is 6.72. The van der Waals surface area contributed by atoms with Crippen LogP contribution in [-0.2, 0) is 16.0 Å². The summed E-state index contributed by atoms with van der Waals surface area (Å²) in [7, 11) is 0. The van der Waals surface area contributed by atoms with Crippen molar-refractivity contribution < 1.29 is 14.1 Å². The van der Waals surface area contributed by atoms with E-state index in [9.17, 15) is 9.59 Å². The van der Waals surface area contributed by atoms with Gasteiger partial charge in [0.15, 0.2) is 5.58 Å². The average molecular weight is 346 g/mol. The zero-order chi connectivity index (χ0) is 17.9. The number of fused-ring (bicyclic) bond motifs is 1. The fourth-order valence-electron chi connectivity index (χ4n) is 2.81. The van der Waals surface area contributed by atoms with Gasteiger partial charge in [0.2, 0.25) is 5.91 Å². The number of azo groups is 1. The van der Waals surface area contributed by atoms with Gasteiger partial charge >= 0.3 is 0 Å². The molecule has 1 aliphatic heterocycles. The molecule has 0 radical (unpaired) electrons. The van der Waals surface area contributed by atoms with Crippen LogP contribution in [0.3, 0.4) is 0 Å². The fourth-order valence-corrected chi connectivity index (χ4v) is 2.81. The monoisotopic (exact) mass is 346 g/mol. The van der Waals surface area contributed by atoms with Crippen LogP contribution in [0.4, 0.5) is 5.69 Å². The van der Waals surface area contributed by atoms with E-state index in [0.29, 0.717) is 17.0 Å². The molecule has 0 saturated heterocycles. The van der Waals surface area contributed by atoms with Crippen LogP contribution in [0.15, 0.2) is 75.4 Å². The Hall–Kier alpha value is -3.61. The van der Waals surface area contributed by atoms with Gasteiger partial charge in [0.05, 0.1) is 6.42 Å². The Morgan fingerprint density at radius 2 is 1.92 bits per heavy atom. The highest BCUT2D eigenvalue weighted by molar-refractivity contribution is 5.95. The van der Waals surface area contributed by atoms with E-state index in [0.717, 1.165) is 10.9 Å². The Bertz CT molecular complexity index is 1040. The molecule has 0 aliphatic carbocycles. The number of aromatic nitrogens is 1. The van der Waals surface area contributed by atoms with Gasteiger partial charge in [-0.05, 0) is 24.3 Å². The van der Waals surface area contributed by atoms with Crippen molar-refractivity contribution in [2.24, 2.45) is 10.2 Å². The number of hydrogen-bond donors (Lipinski definition) is 1. The van der Waals surface area contributed by atoms with Crippen LogP contribution >= 0.6 is 0 Å². The van der Waals surface area contributed by atoms with Crippen molar-refractivity contribution >= 4 is 28.5 Å². The summed E-state index contributed by atoms with van der Waals surface area (Å²) in [5.41, 5.74) is 2.61. The molecule has 1 unspecified atom stereocenters. The maximum absolute atomic E-state index is 12.5. The number of carbonyl (C=O) groups is 2. The van der Waals surface area contributed by atoms with Crippen LogP contribution in [0.2, 0.25) is 0 Å². The summed E-state index contributed by atoms with van der Waals surface area (Å²) in [4.78, 5) is 23.6. The Morgan fingerprint density at radius 1 is 1.12 bits per heavy atom. The first-order valence-electron chi connectivity index (χ1n) is 8.06. The first kappa shape index (κ1) is 15.9. The predicted molar refractivity (Wildman–Crippen MR) is 94.5 cm³/mol. The minimum atomic E-state index is -0.405. The Balaban J connectivity index is 1.54. The van der Waals surface area contributed by atoms with Crippen molar-refractivity contribution in [2.45, 2.75) is 12.5 Å². The molecule has 128 valence electrons. The van der Waals surface area contributed by atoms with Crippen molar-refractivity contribution in [1.82, 2.24) is 5.16 Å². The summed E-state index contributed by atoms with van der Waals surface area (Å²) < 4.78 is 5.23. The number of rotatable bonds is 4. The van der Waals surface area contributed by atoms with Crippen molar-refractivity contribution in [1.29, 1.82) is 0 Å². The van der Waals surface area contributed by atoms with E-state index in [4.69, 9.17) is 4.52 Å². The summed E-state index contributed by atoms with van der Waals surface area (Å²) in [6.45, 7) is 0. The van der Waals surface area contributed by atoms with E-state index >= 15 is 0 Å². The normalized spacial score (nSPS) is 16.2. The van der Waals surface area contributed by atoms with E-state index in [1.54, 1.807) is 18.2 Å². The molecule has 0 saturated carbocycles. The van der Waals surface area contributed by atoms with Gasteiger partial charge < -0.3 is 9.84 Å². The second-order valence-corrected chi connectivity index (χ2v) is 5.80. The van der Waals surface area contributed by atoms with Crippen molar-refractivity contribution in [3.8, 4) is 0 Å². The Kier molecular flexibility index (Phi) is 4.10. The lowest BCUT2D eigenvalue weighted by atomic mass is 10.0. The topological polar surface area (TPSA) is 96.9 Å². The van der Waals surface area contributed by atoms with Crippen molar-refractivity contribution in [3.05, 3.63) is 71.9 Å². The zero-order valence-corrected chi connectivity index (χ0v) is 13.6. The number of amides is 2. The standard InChI is InChI=1S/C19H14N4O3/c24-18-10-9-15(21-22-18)12-5-1-3-7-14(12)20-19(25)11-16-13-6-2-4-8-17(13)26-23-16/h1-10,15H,11H2,(H,20,25). The third-order valence-electron chi connectivity index (χ3n) is 4.04. The zero-order valence-electron chi connectivity index (χ0n) is 13.6. The summed E-state index contributed by atoms with van der Waals surface area (Å²) in [6.07, 6.45) is 3.12. The lowest BCUT2D eigenvalue weighted by molar-refractivity contribution is -0.116. The maximum atomic E-state index is 12.5. The highest BCUT2D eigenvalue weighted by Crippen LogP contribution is 2.29. The maximum Gasteiger partial charge on any atom is 0.287 e. The van der Waals surface area contributed by atoms with Gasteiger partial charge in [-0.2, -0.15) is 5.11 Å². The van der Waals surface area contributed by atoms with Gasteiger partial charge in [0.1, 0.15) is 11.7 Å². The Labute approximate surface area is 148 Å². The molecule has 2 aromatic carbocycles. The molecule has 7 heteroatoms. The number of benzene rings is 2. The van der Waals surface area contributed by atoms with E-state index in [2.05, 4.69) is 20.7 Å². The SMILES string of the molecule is O=C1C=CC(c2ccccc2NC(=O)Cc2noc3ccccc23)N=N1. The predicted octanol–water partition coefficient (Wildman–Crippen LogP) is 3.60. The molecule has 3 aromatic rings. The number of anilines is 1. The number of nitrogens with zero attached hydrogens (tertiary/aromatic N) is 3. The van der Waals surface area contributed by atoms with Crippen molar-refractivity contribution in [2.75, 3.05) is 5.32 Å². The molecule has 1 aromatic heterocycles. The minimum Gasteiger partial charge on any atom is -0.356 e. The Morgan fingerprint density at radius 3 is 2.77 bits per heavy atom. The third kappa shape index (κ3) is 3.14. The first-order valence-corrected chi connectivity index (χ1v) is 8.06. The van der Waals surface area contributed by atoms with E-state index in [1.807, 2.05) is 36.4 Å². The molecular formula is C19H14N4O3. The molecule has 1 N–H and O–H groups in total. The van der Waals surface area contributed by atoms with Crippen LogP contribution in [0.1, 0.15) is 17.3 Å². The van der Waals surface area contributed by atoms with Gasteiger partial charge in [-0.15, -0.1) is 5.11 Å².